The van der Waals surface area contributed by atoms with E-state index in [4.69, 9.17) is 11.6 Å². The van der Waals surface area contributed by atoms with Crippen molar-refractivity contribution < 1.29 is 9.59 Å². The summed E-state index contributed by atoms with van der Waals surface area (Å²) in [5, 5.41) is 14.6. The fourth-order valence-electron chi connectivity index (χ4n) is 4.07. The number of rotatable bonds is 4. The van der Waals surface area contributed by atoms with Crippen molar-refractivity contribution >= 4 is 62.8 Å². The van der Waals surface area contributed by atoms with E-state index in [0.717, 1.165) is 38.9 Å². The fraction of sp³-hybridized carbons (Fsp3) is 0.318. The van der Waals surface area contributed by atoms with Crippen molar-refractivity contribution in [1.29, 1.82) is 0 Å². The van der Waals surface area contributed by atoms with Crippen LogP contribution in [-0.2, 0) is 0 Å². The van der Waals surface area contributed by atoms with E-state index in [-0.39, 0.29) is 17.7 Å². The lowest BCUT2D eigenvalue weighted by molar-refractivity contribution is 0.0717. The number of nitrogens with zero attached hydrogens (tertiary/aromatic N) is 4. The summed E-state index contributed by atoms with van der Waals surface area (Å²) in [7, 11) is 0. The molecule has 5 rings (SSSR count). The first-order valence-electron chi connectivity index (χ1n) is 10.5. The summed E-state index contributed by atoms with van der Waals surface area (Å²) < 4.78 is 0. The molecule has 0 aliphatic carbocycles. The quantitative estimate of drug-likeness (QED) is 0.409. The topological polar surface area (TPSA) is 104 Å². The number of carbonyl (C=O) groups excluding carboxylic acids is 2. The summed E-state index contributed by atoms with van der Waals surface area (Å²) in [5.74, 6) is 0.344. The third-order valence-electron chi connectivity index (χ3n) is 5.75. The van der Waals surface area contributed by atoms with Gasteiger partial charge in [0.05, 0.1) is 31.6 Å². The first-order valence-corrected chi connectivity index (χ1v) is 12.6. The number of hydrogen-bond donors (Lipinski definition) is 2. The number of benzene rings is 1. The lowest BCUT2D eigenvalue weighted by Crippen LogP contribution is -2.37. The molecule has 0 bridgehead atoms. The molecule has 1 fully saturated rings. The van der Waals surface area contributed by atoms with Crippen molar-refractivity contribution in [3.8, 4) is 0 Å². The van der Waals surface area contributed by atoms with Crippen LogP contribution < -0.4 is 5.32 Å². The van der Waals surface area contributed by atoms with Crippen LogP contribution in [0.4, 0.5) is 5.82 Å². The Kier molecular flexibility index (Phi) is 5.90. The van der Waals surface area contributed by atoms with Crippen LogP contribution >= 0.6 is 34.3 Å². The lowest BCUT2D eigenvalue weighted by Gasteiger charge is -2.30. The number of halogens is 1. The molecule has 33 heavy (non-hydrogen) atoms. The Morgan fingerprint density at radius 2 is 2.00 bits per heavy atom. The predicted molar refractivity (Wildman–Crippen MR) is 131 cm³/mol. The SMILES string of the molecule is Cc1nc(C)c(C(=O)N2CCC(c3nc(C(=O)Nc4n[nH]c5cccc(Cl)c45)cs3)CC2)s1. The number of fused-ring (bicyclic) bond motifs is 1. The average molecular weight is 501 g/mol. The van der Waals surface area contributed by atoms with E-state index >= 15 is 0 Å². The second-order valence-corrected chi connectivity index (χ2v) is 10.5. The highest BCUT2D eigenvalue weighted by Crippen LogP contribution is 2.32. The number of aromatic nitrogens is 4. The zero-order chi connectivity index (χ0) is 23.1. The van der Waals surface area contributed by atoms with Gasteiger partial charge in [-0.05, 0) is 38.8 Å². The standard InChI is InChI=1S/C22H21ClN6O2S2/c1-11-18(33-12(2)24-11)22(31)29-8-6-13(7-9-29)21-25-16(10-32-21)20(30)26-19-17-14(23)4-3-5-15(17)27-28-19/h3-5,10,13H,6-9H2,1-2H3,(H2,26,27,28,30). The molecule has 4 aromatic rings. The van der Waals surface area contributed by atoms with Gasteiger partial charge in [-0.2, -0.15) is 5.10 Å². The number of likely N-dealkylation sites (tertiary alicyclic amines) is 1. The minimum Gasteiger partial charge on any atom is -0.338 e. The van der Waals surface area contributed by atoms with Gasteiger partial charge < -0.3 is 10.2 Å². The maximum absolute atomic E-state index is 12.9. The highest BCUT2D eigenvalue weighted by Gasteiger charge is 2.28. The maximum Gasteiger partial charge on any atom is 0.276 e. The van der Waals surface area contributed by atoms with E-state index in [1.165, 1.54) is 22.7 Å². The van der Waals surface area contributed by atoms with Crippen LogP contribution in [0, 0.1) is 13.8 Å². The van der Waals surface area contributed by atoms with E-state index in [9.17, 15) is 9.59 Å². The molecule has 0 saturated carbocycles. The average Bonchev–Trinajstić information content (AvgIpc) is 3.53. The number of carbonyl (C=O) groups is 2. The van der Waals surface area contributed by atoms with Gasteiger partial charge in [0.2, 0.25) is 0 Å². The van der Waals surface area contributed by atoms with Gasteiger partial charge in [0.1, 0.15) is 10.6 Å². The first kappa shape index (κ1) is 22.0. The Morgan fingerprint density at radius 3 is 2.73 bits per heavy atom. The van der Waals surface area contributed by atoms with E-state index in [0.29, 0.717) is 35.0 Å². The largest absolute Gasteiger partial charge is 0.338 e. The Balaban J connectivity index is 1.23. The van der Waals surface area contributed by atoms with Crippen LogP contribution in [0.1, 0.15) is 54.6 Å². The van der Waals surface area contributed by atoms with Crippen molar-refractivity contribution in [2.45, 2.75) is 32.6 Å². The molecular formula is C22H21ClN6O2S2. The molecule has 1 saturated heterocycles. The Labute approximate surface area is 203 Å². The molecule has 0 spiro atoms. The second-order valence-electron chi connectivity index (χ2n) is 7.97. The predicted octanol–water partition coefficient (Wildman–Crippen LogP) is 5.02. The monoisotopic (exact) mass is 500 g/mol. The Morgan fingerprint density at radius 1 is 1.21 bits per heavy atom. The number of thiazole rings is 2. The van der Waals surface area contributed by atoms with Crippen molar-refractivity contribution in [3.63, 3.8) is 0 Å². The van der Waals surface area contributed by atoms with Crippen molar-refractivity contribution in [3.05, 3.63) is 54.9 Å². The lowest BCUT2D eigenvalue weighted by atomic mass is 9.97. The molecule has 0 atom stereocenters. The van der Waals surface area contributed by atoms with Crippen molar-refractivity contribution in [2.24, 2.45) is 0 Å². The number of aryl methyl sites for hydroxylation is 2. The van der Waals surface area contributed by atoms with Crippen LogP contribution in [0.25, 0.3) is 10.9 Å². The molecule has 170 valence electrons. The van der Waals surface area contributed by atoms with Gasteiger partial charge in [0, 0.05) is 24.4 Å². The molecule has 8 nitrogen and oxygen atoms in total. The van der Waals surface area contributed by atoms with Crippen LogP contribution in [0.3, 0.4) is 0 Å². The zero-order valence-electron chi connectivity index (χ0n) is 18.0. The third kappa shape index (κ3) is 4.25. The minimum absolute atomic E-state index is 0.0562. The molecule has 2 amide bonds. The van der Waals surface area contributed by atoms with Gasteiger partial charge in [-0.3, -0.25) is 14.7 Å². The molecule has 11 heteroatoms. The number of piperidine rings is 1. The van der Waals surface area contributed by atoms with Crippen molar-refractivity contribution in [2.75, 3.05) is 18.4 Å². The normalized spacial score (nSPS) is 14.7. The van der Waals surface area contributed by atoms with E-state index in [1.54, 1.807) is 11.4 Å². The number of nitrogens with one attached hydrogen (secondary N) is 2. The highest BCUT2D eigenvalue weighted by atomic mass is 35.5. The number of anilines is 1. The number of hydrogen-bond acceptors (Lipinski definition) is 7. The van der Waals surface area contributed by atoms with E-state index in [1.807, 2.05) is 30.9 Å². The molecule has 1 aromatic carbocycles. The van der Waals surface area contributed by atoms with E-state index in [2.05, 4.69) is 25.5 Å². The van der Waals surface area contributed by atoms with Crippen LogP contribution in [-0.4, -0.2) is 50.0 Å². The Hall–Kier alpha value is -2.82. The molecule has 3 aromatic heterocycles. The van der Waals surface area contributed by atoms with Gasteiger partial charge >= 0.3 is 0 Å². The number of amides is 2. The van der Waals surface area contributed by atoms with Gasteiger partial charge in [0.15, 0.2) is 5.82 Å². The minimum atomic E-state index is -0.325. The zero-order valence-corrected chi connectivity index (χ0v) is 20.4. The van der Waals surface area contributed by atoms with Gasteiger partial charge in [-0.25, -0.2) is 9.97 Å². The molecule has 1 aliphatic heterocycles. The molecule has 2 N–H and O–H groups in total. The summed E-state index contributed by atoms with van der Waals surface area (Å²) >= 11 is 9.19. The highest BCUT2D eigenvalue weighted by molar-refractivity contribution is 7.13. The van der Waals surface area contributed by atoms with Gasteiger partial charge in [-0.15, -0.1) is 22.7 Å². The Bertz CT molecular complexity index is 1350. The van der Waals surface area contributed by atoms with Crippen LogP contribution in [0.15, 0.2) is 23.6 Å². The summed E-state index contributed by atoms with van der Waals surface area (Å²) in [6, 6.07) is 5.42. The number of aromatic amines is 1. The second kappa shape index (κ2) is 8.85. The van der Waals surface area contributed by atoms with Crippen LogP contribution in [0.2, 0.25) is 5.02 Å². The van der Waals surface area contributed by atoms with Gasteiger partial charge in [-0.1, -0.05) is 17.7 Å². The molecule has 1 aliphatic rings. The summed E-state index contributed by atoms with van der Waals surface area (Å²) in [5.41, 5.74) is 1.90. The molecule has 0 unspecified atom stereocenters. The summed E-state index contributed by atoms with van der Waals surface area (Å²) in [6.07, 6.45) is 1.63. The number of H-pyrrole nitrogens is 1. The third-order valence-corrected chi connectivity index (χ3v) is 8.14. The van der Waals surface area contributed by atoms with Crippen molar-refractivity contribution in [1.82, 2.24) is 25.1 Å². The molecule has 0 radical (unpaired) electrons. The maximum atomic E-state index is 12.9. The molecular weight excluding hydrogens is 480 g/mol. The molecule has 4 heterocycles. The smallest absolute Gasteiger partial charge is 0.276 e. The van der Waals surface area contributed by atoms with Crippen LogP contribution in [0.5, 0.6) is 0 Å². The fourth-order valence-corrected chi connectivity index (χ4v) is 6.20. The first-order chi connectivity index (χ1) is 15.9. The van der Waals surface area contributed by atoms with E-state index < -0.39 is 0 Å². The summed E-state index contributed by atoms with van der Waals surface area (Å²) in [6.45, 7) is 5.13. The summed E-state index contributed by atoms with van der Waals surface area (Å²) in [4.78, 5) is 37.2. The van der Waals surface area contributed by atoms with Gasteiger partial charge in [0.25, 0.3) is 11.8 Å².